The van der Waals surface area contributed by atoms with Crippen molar-refractivity contribution in [3.8, 4) is 0 Å². The minimum atomic E-state index is -0.512. The Bertz CT molecular complexity index is 289. The van der Waals surface area contributed by atoms with Crippen LogP contribution in [-0.2, 0) is 0 Å². The van der Waals surface area contributed by atoms with Crippen LogP contribution < -0.4 is 0 Å². The van der Waals surface area contributed by atoms with E-state index < -0.39 is 11.6 Å². The molecule has 0 saturated heterocycles. The van der Waals surface area contributed by atoms with E-state index in [1.165, 1.54) is 12.1 Å². The number of hydrogen-bond donors (Lipinski definition) is 0. The quantitative estimate of drug-likeness (QED) is 0.570. The van der Waals surface area contributed by atoms with Gasteiger partial charge >= 0.3 is 0 Å². The second-order valence-corrected chi connectivity index (χ2v) is 4.23. The van der Waals surface area contributed by atoms with Crippen LogP contribution in [0.4, 0.5) is 8.78 Å². The Morgan fingerprint density at radius 1 is 1.42 bits per heavy atom. The summed E-state index contributed by atoms with van der Waals surface area (Å²) in [7, 11) is 0. The van der Waals surface area contributed by atoms with Crippen molar-refractivity contribution in [2.24, 2.45) is 0 Å². The van der Waals surface area contributed by atoms with Gasteiger partial charge in [-0.05, 0) is 33.8 Å². The third kappa shape index (κ3) is 1.98. The van der Waals surface area contributed by atoms with E-state index in [-0.39, 0.29) is 4.90 Å². The van der Waals surface area contributed by atoms with Crippen molar-refractivity contribution < 1.29 is 8.78 Å². The lowest BCUT2D eigenvalue weighted by molar-refractivity contribution is 0.536. The fraction of sp³-hybridized carbons (Fsp3) is 0.250. The zero-order valence-corrected chi connectivity index (χ0v) is 8.81. The van der Waals surface area contributed by atoms with Crippen LogP contribution in [0.3, 0.4) is 0 Å². The topological polar surface area (TPSA) is 0 Å². The number of hydrogen-bond acceptors (Lipinski definition) is 1. The Hall–Kier alpha value is -0.0900. The highest BCUT2D eigenvalue weighted by Gasteiger charge is 2.11. The maximum atomic E-state index is 13.1. The molecule has 0 aliphatic rings. The van der Waals surface area contributed by atoms with Gasteiger partial charge in [0.2, 0.25) is 0 Å². The highest BCUT2D eigenvalue weighted by Crippen LogP contribution is 2.29. The first-order chi connectivity index (χ1) is 5.66. The van der Waals surface area contributed by atoms with Gasteiger partial charge in [-0.25, -0.2) is 8.78 Å². The molecule has 0 aromatic heterocycles. The zero-order chi connectivity index (χ0) is 9.14. The Balaban J connectivity index is 3.14. The first kappa shape index (κ1) is 9.99. The van der Waals surface area contributed by atoms with Gasteiger partial charge in [0.1, 0.15) is 5.82 Å². The lowest BCUT2D eigenvalue weighted by atomic mass is 10.3. The van der Waals surface area contributed by atoms with Gasteiger partial charge in [-0.15, -0.1) is 11.8 Å². The fourth-order valence-electron chi connectivity index (χ4n) is 0.785. The van der Waals surface area contributed by atoms with Gasteiger partial charge in [-0.2, -0.15) is 0 Å². The van der Waals surface area contributed by atoms with Crippen LogP contribution in [0.1, 0.15) is 6.92 Å². The van der Waals surface area contributed by atoms with Crippen molar-refractivity contribution in [3.05, 3.63) is 28.2 Å². The van der Waals surface area contributed by atoms with Crippen LogP contribution >= 0.6 is 27.7 Å². The number of rotatable bonds is 2. The second-order valence-electron chi connectivity index (χ2n) is 2.11. The molecular weight excluding hydrogens is 246 g/mol. The molecule has 4 heteroatoms. The molecule has 0 saturated carbocycles. The summed E-state index contributed by atoms with van der Waals surface area (Å²) in [6, 6.07) is 2.62. The third-order valence-corrected chi connectivity index (χ3v) is 2.85. The van der Waals surface area contributed by atoms with Crippen molar-refractivity contribution in [1.82, 2.24) is 0 Å². The molecule has 12 heavy (non-hydrogen) atoms. The highest BCUT2D eigenvalue weighted by molar-refractivity contribution is 9.10. The van der Waals surface area contributed by atoms with E-state index in [4.69, 9.17) is 0 Å². The van der Waals surface area contributed by atoms with Crippen molar-refractivity contribution in [2.45, 2.75) is 11.8 Å². The lowest BCUT2D eigenvalue weighted by Gasteiger charge is -2.03. The molecule has 1 aromatic rings. The van der Waals surface area contributed by atoms with E-state index in [1.807, 2.05) is 6.92 Å². The molecule has 0 unspecified atom stereocenters. The van der Waals surface area contributed by atoms with E-state index >= 15 is 0 Å². The number of thioether (sulfide) groups is 1. The minimum Gasteiger partial charge on any atom is -0.206 e. The van der Waals surface area contributed by atoms with E-state index in [1.54, 1.807) is 0 Å². The summed E-state index contributed by atoms with van der Waals surface area (Å²) in [6.45, 7) is 1.85. The average molecular weight is 253 g/mol. The van der Waals surface area contributed by atoms with Crippen LogP contribution in [0.2, 0.25) is 0 Å². The monoisotopic (exact) mass is 252 g/mol. The summed E-state index contributed by atoms with van der Waals surface area (Å²) < 4.78 is 26.4. The van der Waals surface area contributed by atoms with Crippen molar-refractivity contribution in [2.75, 3.05) is 5.75 Å². The van der Waals surface area contributed by atoms with Crippen molar-refractivity contribution in [3.63, 3.8) is 0 Å². The summed E-state index contributed by atoms with van der Waals surface area (Å²) in [4.78, 5) is 0.0897. The molecule has 1 rings (SSSR count). The molecule has 0 atom stereocenters. The van der Waals surface area contributed by atoms with E-state index in [0.717, 1.165) is 11.8 Å². The van der Waals surface area contributed by atoms with Gasteiger partial charge in [0.05, 0.1) is 9.37 Å². The molecule has 0 bridgehead atoms. The first-order valence-electron chi connectivity index (χ1n) is 3.43. The lowest BCUT2D eigenvalue weighted by Crippen LogP contribution is -1.88. The van der Waals surface area contributed by atoms with Crippen LogP contribution in [0, 0.1) is 11.6 Å². The number of halogens is 3. The maximum Gasteiger partial charge on any atom is 0.153 e. The molecule has 0 aliphatic carbocycles. The molecule has 0 spiro atoms. The Kier molecular flexibility index (Phi) is 3.53. The SMILES string of the molecule is CCSc1c(F)ccc(Br)c1F. The summed E-state index contributed by atoms with van der Waals surface area (Å²) in [5.74, 6) is -0.353. The minimum absolute atomic E-state index is 0.0897. The van der Waals surface area contributed by atoms with Crippen LogP contribution in [0.25, 0.3) is 0 Å². The molecule has 0 nitrogen and oxygen atoms in total. The molecule has 0 radical (unpaired) electrons. The summed E-state index contributed by atoms with van der Waals surface area (Å²) in [5.41, 5.74) is 0. The largest absolute Gasteiger partial charge is 0.206 e. The van der Waals surface area contributed by atoms with Gasteiger partial charge in [-0.3, -0.25) is 0 Å². The normalized spacial score (nSPS) is 10.3. The van der Waals surface area contributed by atoms with Gasteiger partial charge in [0.25, 0.3) is 0 Å². The molecule has 0 fully saturated rings. The first-order valence-corrected chi connectivity index (χ1v) is 5.21. The van der Waals surface area contributed by atoms with Crippen molar-refractivity contribution >= 4 is 27.7 Å². The molecule has 0 heterocycles. The summed E-state index contributed by atoms with van der Waals surface area (Å²) in [6.07, 6.45) is 0. The predicted molar refractivity (Wildman–Crippen MR) is 50.5 cm³/mol. The molecule has 0 amide bonds. The molecule has 66 valence electrons. The number of benzene rings is 1. The molecule has 0 aliphatic heterocycles. The van der Waals surface area contributed by atoms with Crippen LogP contribution in [0.5, 0.6) is 0 Å². The van der Waals surface area contributed by atoms with E-state index in [0.29, 0.717) is 10.2 Å². The van der Waals surface area contributed by atoms with Gasteiger partial charge in [0, 0.05) is 0 Å². The molecular formula is C8H7BrF2S. The Morgan fingerprint density at radius 2 is 2.08 bits per heavy atom. The zero-order valence-electron chi connectivity index (χ0n) is 6.40. The average Bonchev–Trinajstić information content (AvgIpc) is 2.06. The van der Waals surface area contributed by atoms with Crippen LogP contribution in [0.15, 0.2) is 21.5 Å². The maximum absolute atomic E-state index is 13.1. The fourth-order valence-corrected chi connectivity index (χ4v) is 1.98. The summed E-state index contributed by atoms with van der Waals surface area (Å²) in [5, 5.41) is 0. The Labute approximate surface area is 82.5 Å². The molecule has 0 N–H and O–H groups in total. The standard InChI is InChI=1S/C8H7BrF2S/c1-2-12-8-6(10)4-3-5(9)7(8)11/h3-4H,2H2,1H3. The van der Waals surface area contributed by atoms with E-state index in [9.17, 15) is 8.78 Å². The van der Waals surface area contributed by atoms with Gasteiger partial charge in [0.15, 0.2) is 5.82 Å². The molecule has 1 aromatic carbocycles. The third-order valence-electron chi connectivity index (χ3n) is 1.29. The second kappa shape index (κ2) is 4.23. The predicted octanol–water partition coefficient (Wildman–Crippen LogP) is 3.84. The smallest absolute Gasteiger partial charge is 0.153 e. The Morgan fingerprint density at radius 3 is 2.67 bits per heavy atom. The van der Waals surface area contributed by atoms with E-state index in [2.05, 4.69) is 15.9 Å². The van der Waals surface area contributed by atoms with Crippen LogP contribution in [-0.4, -0.2) is 5.75 Å². The van der Waals surface area contributed by atoms with Gasteiger partial charge < -0.3 is 0 Å². The van der Waals surface area contributed by atoms with Gasteiger partial charge in [-0.1, -0.05) is 6.92 Å². The van der Waals surface area contributed by atoms with Crippen molar-refractivity contribution in [1.29, 1.82) is 0 Å². The summed E-state index contributed by atoms with van der Waals surface area (Å²) >= 11 is 4.16. The highest BCUT2D eigenvalue weighted by atomic mass is 79.9.